The first-order valence-electron chi connectivity index (χ1n) is 9.63. The van der Waals surface area contributed by atoms with E-state index >= 15 is 0 Å². The Hall–Kier alpha value is -2.36. The Balaban J connectivity index is 1.51. The van der Waals surface area contributed by atoms with Crippen molar-refractivity contribution < 1.29 is 14.2 Å². The summed E-state index contributed by atoms with van der Waals surface area (Å²) in [6.45, 7) is 1.95. The largest absolute Gasteiger partial charge is 0.489 e. The number of rotatable bonds is 5. The summed E-state index contributed by atoms with van der Waals surface area (Å²) in [6, 6.07) is 23.1. The summed E-state index contributed by atoms with van der Waals surface area (Å²) in [5.74, 6) is 0.862. The van der Waals surface area contributed by atoms with Gasteiger partial charge < -0.3 is 14.2 Å². The number of fused-ring (bicyclic) bond motifs is 1. The summed E-state index contributed by atoms with van der Waals surface area (Å²) in [7, 11) is 1.78. The van der Waals surface area contributed by atoms with E-state index in [9.17, 15) is 0 Å². The lowest BCUT2D eigenvalue weighted by Gasteiger charge is -2.31. The number of ether oxygens (including phenoxy) is 3. The second kappa shape index (κ2) is 8.12. The Bertz CT molecular complexity index is 895. The zero-order chi connectivity index (χ0) is 18.5. The minimum absolute atomic E-state index is 0.376. The Morgan fingerprint density at radius 2 is 1.81 bits per heavy atom. The van der Waals surface area contributed by atoms with Gasteiger partial charge in [-0.3, -0.25) is 0 Å². The predicted molar refractivity (Wildman–Crippen MR) is 108 cm³/mol. The first-order chi connectivity index (χ1) is 13.3. The molecular formula is C24H26O3. The van der Waals surface area contributed by atoms with Crippen LogP contribution < -0.4 is 4.74 Å². The molecule has 0 saturated carbocycles. The second-order valence-electron chi connectivity index (χ2n) is 7.21. The van der Waals surface area contributed by atoms with Crippen molar-refractivity contribution >= 4 is 10.8 Å². The lowest BCUT2D eigenvalue weighted by Crippen LogP contribution is -2.33. The molecule has 27 heavy (non-hydrogen) atoms. The van der Waals surface area contributed by atoms with Crippen LogP contribution in [0.4, 0.5) is 0 Å². The molecule has 1 heterocycles. The van der Waals surface area contributed by atoms with Gasteiger partial charge in [0.05, 0.1) is 6.61 Å². The van der Waals surface area contributed by atoms with Gasteiger partial charge in [-0.1, -0.05) is 48.5 Å². The van der Waals surface area contributed by atoms with Gasteiger partial charge >= 0.3 is 0 Å². The maximum Gasteiger partial charge on any atom is 0.120 e. The quantitative estimate of drug-likeness (QED) is 0.603. The van der Waals surface area contributed by atoms with Gasteiger partial charge in [-0.25, -0.2) is 0 Å². The van der Waals surface area contributed by atoms with Gasteiger partial charge in [-0.05, 0) is 59.4 Å². The van der Waals surface area contributed by atoms with Crippen LogP contribution in [0.15, 0.2) is 66.7 Å². The summed E-state index contributed by atoms with van der Waals surface area (Å²) in [5, 5.41) is 2.49. The fourth-order valence-corrected chi connectivity index (χ4v) is 3.79. The summed E-state index contributed by atoms with van der Waals surface area (Å²) < 4.78 is 17.8. The third-order valence-corrected chi connectivity index (χ3v) is 5.42. The highest BCUT2D eigenvalue weighted by atomic mass is 16.5. The topological polar surface area (TPSA) is 27.7 Å². The van der Waals surface area contributed by atoms with Crippen LogP contribution in [0, 0.1) is 0 Å². The SMILES string of the molecule is COC1(c2cccc(OCc3ccc4ccccc4c3)c2)CCCCOC1. The van der Waals surface area contributed by atoms with E-state index in [0.29, 0.717) is 13.2 Å². The summed E-state index contributed by atoms with van der Waals surface area (Å²) in [5.41, 5.74) is 1.92. The molecule has 0 aromatic heterocycles. The molecule has 0 spiro atoms. The zero-order valence-corrected chi connectivity index (χ0v) is 15.8. The second-order valence-corrected chi connectivity index (χ2v) is 7.21. The van der Waals surface area contributed by atoms with Gasteiger partial charge in [0.15, 0.2) is 0 Å². The van der Waals surface area contributed by atoms with Gasteiger partial charge in [0.1, 0.15) is 18.0 Å². The Kier molecular flexibility index (Phi) is 5.42. The minimum atomic E-state index is -0.376. The van der Waals surface area contributed by atoms with Crippen molar-refractivity contribution in [1.82, 2.24) is 0 Å². The van der Waals surface area contributed by atoms with Crippen LogP contribution in [0.25, 0.3) is 10.8 Å². The third kappa shape index (κ3) is 4.00. The zero-order valence-electron chi connectivity index (χ0n) is 15.8. The Morgan fingerprint density at radius 3 is 2.70 bits per heavy atom. The van der Waals surface area contributed by atoms with Crippen LogP contribution in [-0.4, -0.2) is 20.3 Å². The first-order valence-corrected chi connectivity index (χ1v) is 9.63. The smallest absolute Gasteiger partial charge is 0.120 e. The molecule has 3 aromatic carbocycles. The van der Waals surface area contributed by atoms with E-state index in [1.807, 2.05) is 12.1 Å². The van der Waals surface area contributed by atoms with E-state index in [1.54, 1.807) is 7.11 Å². The standard InChI is InChI=1S/C24H26O3/c1-25-24(13-4-5-14-26-18-24)22-9-6-10-23(16-22)27-17-19-11-12-20-7-2-3-8-21(20)15-19/h2-3,6-12,15-16H,4-5,13-14,17-18H2,1H3. The molecule has 1 atom stereocenters. The molecule has 1 fully saturated rings. The van der Waals surface area contributed by atoms with Gasteiger partial charge in [-0.2, -0.15) is 0 Å². The molecule has 3 nitrogen and oxygen atoms in total. The highest BCUT2D eigenvalue weighted by Crippen LogP contribution is 2.35. The van der Waals surface area contributed by atoms with Crippen molar-refractivity contribution in [2.24, 2.45) is 0 Å². The fourth-order valence-electron chi connectivity index (χ4n) is 3.79. The van der Waals surface area contributed by atoms with E-state index in [1.165, 1.54) is 16.3 Å². The molecule has 0 bridgehead atoms. The molecule has 1 aliphatic rings. The van der Waals surface area contributed by atoms with Crippen molar-refractivity contribution in [1.29, 1.82) is 0 Å². The molecule has 1 aliphatic heterocycles. The molecule has 0 amide bonds. The van der Waals surface area contributed by atoms with Crippen molar-refractivity contribution in [3.05, 3.63) is 77.9 Å². The van der Waals surface area contributed by atoms with E-state index < -0.39 is 0 Å². The van der Waals surface area contributed by atoms with Gasteiger partial charge in [0, 0.05) is 13.7 Å². The number of benzene rings is 3. The average Bonchev–Trinajstić information content (AvgIpc) is 2.99. The maximum absolute atomic E-state index is 6.10. The van der Waals surface area contributed by atoms with Crippen molar-refractivity contribution in [3.63, 3.8) is 0 Å². The number of methoxy groups -OCH3 is 1. The summed E-state index contributed by atoms with van der Waals surface area (Å²) >= 11 is 0. The normalized spacial score (nSPS) is 20.3. The molecule has 3 aromatic rings. The molecule has 1 unspecified atom stereocenters. The monoisotopic (exact) mass is 362 g/mol. The van der Waals surface area contributed by atoms with E-state index in [0.717, 1.165) is 37.2 Å². The maximum atomic E-state index is 6.10. The van der Waals surface area contributed by atoms with Crippen LogP contribution in [0.5, 0.6) is 5.75 Å². The molecule has 0 N–H and O–H groups in total. The van der Waals surface area contributed by atoms with Gasteiger partial charge in [0.25, 0.3) is 0 Å². The fraction of sp³-hybridized carbons (Fsp3) is 0.333. The van der Waals surface area contributed by atoms with Crippen LogP contribution in [0.2, 0.25) is 0 Å². The molecule has 0 radical (unpaired) electrons. The Morgan fingerprint density at radius 1 is 0.926 bits per heavy atom. The minimum Gasteiger partial charge on any atom is -0.489 e. The molecular weight excluding hydrogens is 336 g/mol. The van der Waals surface area contributed by atoms with Crippen LogP contribution in [-0.2, 0) is 21.7 Å². The molecule has 140 valence electrons. The number of hydrogen-bond acceptors (Lipinski definition) is 3. The van der Waals surface area contributed by atoms with Crippen molar-refractivity contribution in [2.45, 2.75) is 31.5 Å². The van der Waals surface area contributed by atoms with Gasteiger partial charge in [0.2, 0.25) is 0 Å². The Labute approximate surface area is 160 Å². The predicted octanol–water partition coefficient (Wildman–Crippen LogP) is 5.46. The lowest BCUT2D eigenvalue weighted by molar-refractivity contribution is -0.0736. The molecule has 0 aliphatic carbocycles. The first kappa shape index (κ1) is 18.0. The van der Waals surface area contributed by atoms with Crippen molar-refractivity contribution in [2.75, 3.05) is 20.3 Å². The number of hydrogen-bond donors (Lipinski definition) is 0. The average molecular weight is 362 g/mol. The third-order valence-electron chi connectivity index (χ3n) is 5.42. The van der Waals surface area contributed by atoms with Gasteiger partial charge in [-0.15, -0.1) is 0 Å². The van der Waals surface area contributed by atoms with Crippen LogP contribution in [0.1, 0.15) is 30.4 Å². The summed E-state index contributed by atoms with van der Waals surface area (Å²) in [4.78, 5) is 0. The molecule has 4 rings (SSSR count). The van der Waals surface area contributed by atoms with Crippen molar-refractivity contribution in [3.8, 4) is 5.75 Å². The van der Waals surface area contributed by atoms with Crippen LogP contribution >= 0.6 is 0 Å². The molecule has 3 heteroatoms. The highest BCUT2D eigenvalue weighted by Gasteiger charge is 2.33. The van der Waals surface area contributed by atoms with E-state index in [4.69, 9.17) is 14.2 Å². The molecule has 1 saturated heterocycles. The lowest BCUT2D eigenvalue weighted by atomic mass is 9.89. The van der Waals surface area contributed by atoms with E-state index in [2.05, 4.69) is 54.6 Å². The van der Waals surface area contributed by atoms with E-state index in [-0.39, 0.29) is 5.60 Å². The van der Waals surface area contributed by atoms with Crippen LogP contribution in [0.3, 0.4) is 0 Å². The highest BCUT2D eigenvalue weighted by molar-refractivity contribution is 5.82. The summed E-state index contributed by atoms with van der Waals surface area (Å²) in [6.07, 6.45) is 3.16.